The van der Waals surface area contributed by atoms with Crippen molar-refractivity contribution in [3.8, 4) is 22.7 Å². The molecule has 6 rings (SSSR count). The predicted octanol–water partition coefficient (Wildman–Crippen LogP) is 6.50. The summed E-state index contributed by atoms with van der Waals surface area (Å²) in [5.41, 5.74) is 4.52. The number of para-hydroxylation sites is 1. The number of thioether (sulfide) groups is 1. The summed E-state index contributed by atoms with van der Waals surface area (Å²) in [6.45, 7) is 1.72. The van der Waals surface area contributed by atoms with Crippen molar-refractivity contribution in [2.24, 2.45) is 0 Å². The molecule has 1 amide bonds. The number of aromatic nitrogens is 2. The first-order valence-corrected chi connectivity index (χ1v) is 14.2. The van der Waals surface area contributed by atoms with Crippen LogP contribution < -0.4 is 4.74 Å². The molecule has 3 heterocycles. The maximum Gasteiger partial charge on any atom is 0.266 e. The minimum Gasteiger partial charge on any atom is -0.489 e. The highest BCUT2D eigenvalue weighted by molar-refractivity contribution is 8.26. The highest BCUT2D eigenvalue weighted by atomic mass is 32.2. The lowest BCUT2D eigenvalue weighted by Crippen LogP contribution is -2.35. The molecule has 0 N–H and O–H groups in total. The van der Waals surface area contributed by atoms with Crippen LogP contribution in [0, 0.1) is 0 Å². The van der Waals surface area contributed by atoms with Gasteiger partial charge in [0.15, 0.2) is 0 Å². The molecule has 6 nitrogen and oxygen atoms in total. The molecule has 3 aromatic carbocycles. The van der Waals surface area contributed by atoms with Crippen molar-refractivity contribution in [3.63, 3.8) is 0 Å². The molecule has 0 unspecified atom stereocenters. The number of amides is 1. The van der Waals surface area contributed by atoms with Crippen LogP contribution in [0.25, 0.3) is 23.0 Å². The summed E-state index contributed by atoms with van der Waals surface area (Å²) >= 11 is 6.90. The normalized spacial score (nSPS) is 18.3. The Balaban J connectivity index is 1.32. The number of hydrogen-bond acceptors (Lipinski definition) is 6. The topological polar surface area (TPSA) is 56.6 Å². The molecule has 2 fully saturated rings. The van der Waals surface area contributed by atoms with Gasteiger partial charge in [-0.3, -0.25) is 9.69 Å². The molecule has 196 valence electrons. The van der Waals surface area contributed by atoms with Crippen LogP contribution in [-0.2, 0) is 16.1 Å². The SMILES string of the molecule is O=C1/C(=C/c2cn(-c3ccccc3)nc2-c2cccc(OCc3ccccc3)c2)SC(=S)N1C[C@@H]1CCCO1. The molecule has 0 bridgehead atoms. The number of carbonyl (C=O) groups is 1. The maximum absolute atomic E-state index is 13.4. The second-order valence-electron chi connectivity index (χ2n) is 9.44. The fraction of sp³-hybridized carbons (Fsp3) is 0.194. The molecule has 1 atom stereocenters. The van der Waals surface area contributed by atoms with Crippen LogP contribution in [0.5, 0.6) is 5.75 Å². The van der Waals surface area contributed by atoms with Crippen LogP contribution in [0.3, 0.4) is 0 Å². The molecular weight excluding hydrogens is 526 g/mol. The van der Waals surface area contributed by atoms with Crippen LogP contribution in [0.2, 0.25) is 0 Å². The Morgan fingerprint density at radius 1 is 1.05 bits per heavy atom. The molecule has 2 aliphatic rings. The third-order valence-electron chi connectivity index (χ3n) is 6.69. The van der Waals surface area contributed by atoms with Crippen molar-refractivity contribution in [1.29, 1.82) is 0 Å². The molecule has 0 aliphatic carbocycles. The van der Waals surface area contributed by atoms with Crippen molar-refractivity contribution < 1.29 is 14.3 Å². The minimum absolute atomic E-state index is 0.0434. The van der Waals surface area contributed by atoms with Gasteiger partial charge in [-0.05, 0) is 48.7 Å². The van der Waals surface area contributed by atoms with Crippen LogP contribution in [-0.4, -0.2) is 44.2 Å². The van der Waals surface area contributed by atoms with E-state index in [-0.39, 0.29) is 12.0 Å². The number of ether oxygens (including phenoxy) is 2. The minimum atomic E-state index is -0.0844. The maximum atomic E-state index is 13.4. The zero-order chi connectivity index (χ0) is 26.6. The van der Waals surface area contributed by atoms with Crippen LogP contribution >= 0.6 is 24.0 Å². The van der Waals surface area contributed by atoms with Gasteiger partial charge in [0, 0.05) is 23.9 Å². The van der Waals surface area contributed by atoms with E-state index in [1.807, 2.05) is 102 Å². The zero-order valence-corrected chi connectivity index (χ0v) is 22.9. The van der Waals surface area contributed by atoms with Crippen molar-refractivity contribution >= 4 is 40.3 Å². The standard InChI is InChI=1S/C31H27N3O3S2/c35-30-28(39-31(38)33(30)20-27-15-8-16-36-27)18-24-19-34(25-12-5-2-6-13-25)32-29(24)23-11-7-14-26(17-23)37-21-22-9-3-1-4-10-22/h1-7,9-14,17-19,27H,8,15-16,20-21H2/b28-18-/t27-/m0/s1. The van der Waals surface area contributed by atoms with Crippen LogP contribution in [0.1, 0.15) is 24.0 Å². The second-order valence-corrected chi connectivity index (χ2v) is 11.1. The fourth-order valence-electron chi connectivity index (χ4n) is 4.69. The molecule has 0 saturated carbocycles. The van der Waals surface area contributed by atoms with Crippen molar-refractivity contribution in [2.75, 3.05) is 13.2 Å². The Morgan fingerprint density at radius 2 is 1.85 bits per heavy atom. The fourth-order valence-corrected chi connectivity index (χ4v) is 5.96. The first-order valence-electron chi connectivity index (χ1n) is 12.9. The van der Waals surface area contributed by atoms with Gasteiger partial charge in [-0.2, -0.15) is 5.10 Å². The van der Waals surface area contributed by atoms with E-state index in [0.29, 0.717) is 22.4 Å². The Bertz CT molecular complexity index is 1510. The summed E-state index contributed by atoms with van der Waals surface area (Å²) in [5.74, 6) is 0.665. The van der Waals surface area contributed by atoms with Gasteiger partial charge in [0.05, 0.1) is 23.2 Å². The number of carbonyl (C=O) groups excluding carboxylic acids is 1. The molecule has 1 aromatic heterocycles. The average molecular weight is 554 g/mol. The van der Waals surface area contributed by atoms with Gasteiger partial charge < -0.3 is 9.47 Å². The van der Waals surface area contributed by atoms with E-state index in [1.165, 1.54) is 11.8 Å². The summed E-state index contributed by atoms with van der Waals surface area (Å²) in [6, 6.07) is 27.9. The number of thiocarbonyl (C=S) groups is 1. The lowest BCUT2D eigenvalue weighted by atomic mass is 10.1. The molecule has 4 aromatic rings. The summed E-state index contributed by atoms with van der Waals surface area (Å²) in [7, 11) is 0. The summed E-state index contributed by atoms with van der Waals surface area (Å²) in [5, 5.41) is 4.93. The van der Waals surface area contributed by atoms with E-state index in [1.54, 1.807) is 4.90 Å². The monoisotopic (exact) mass is 553 g/mol. The summed E-state index contributed by atoms with van der Waals surface area (Å²) < 4.78 is 14.2. The summed E-state index contributed by atoms with van der Waals surface area (Å²) in [4.78, 5) is 15.6. The molecule has 2 aliphatic heterocycles. The Labute approximate surface area is 237 Å². The van der Waals surface area contributed by atoms with Gasteiger partial charge in [0.1, 0.15) is 22.4 Å². The number of hydrogen-bond donors (Lipinski definition) is 0. The molecule has 0 radical (unpaired) electrons. The summed E-state index contributed by atoms with van der Waals surface area (Å²) in [6.07, 6.45) is 5.86. The zero-order valence-electron chi connectivity index (χ0n) is 21.2. The van der Waals surface area contributed by atoms with Gasteiger partial charge in [-0.1, -0.05) is 84.6 Å². The Kier molecular flexibility index (Phi) is 7.58. The quantitative estimate of drug-likeness (QED) is 0.183. The van der Waals surface area contributed by atoms with Crippen LogP contribution in [0.15, 0.2) is 96.0 Å². The van der Waals surface area contributed by atoms with E-state index in [0.717, 1.165) is 53.3 Å². The van der Waals surface area contributed by atoms with Crippen molar-refractivity contribution in [2.45, 2.75) is 25.6 Å². The average Bonchev–Trinajstić information content (AvgIpc) is 3.71. The second kappa shape index (κ2) is 11.6. The molecule has 2 saturated heterocycles. The van der Waals surface area contributed by atoms with Crippen LogP contribution in [0.4, 0.5) is 0 Å². The number of nitrogens with zero attached hydrogens (tertiary/aromatic N) is 3. The number of rotatable bonds is 8. The highest BCUT2D eigenvalue weighted by Gasteiger charge is 2.35. The predicted molar refractivity (Wildman–Crippen MR) is 159 cm³/mol. The third-order valence-corrected chi connectivity index (χ3v) is 8.07. The molecule has 39 heavy (non-hydrogen) atoms. The lowest BCUT2D eigenvalue weighted by Gasteiger charge is -2.18. The Morgan fingerprint density at radius 3 is 2.62 bits per heavy atom. The number of benzene rings is 3. The smallest absolute Gasteiger partial charge is 0.266 e. The van der Waals surface area contributed by atoms with Gasteiger partial charge in [0.2, 0.25) is 0 Å². The van der Waals surface area contributed by atoms with Crippen molar-refractivity contribution in [3.05, 3.63) is 107 Å². The van der Waals surface area contributed by atoms with E-state index < -0.39 is 0 Å². The highest BCUT2D eigenvalue weighted by Crippen LogP contribution is 2.36. The molecule has 0 spiro atoms. The molecular formula is C31H27N3O3S2. The van der Waals surface area contributed by atoms with Crippen molar-refractivity contribution in [1.82, 2.24) is 14.7 Å². The van der Waals surface area contributed by atoms with E-state index >= 15 is 0 Å². The van der Waals surface area contributed by atoms with Gasteiger partial charge in [-0.25, -0.2) is 4.68 Å². The van der Waals surface area contributed by atoms with Gasteiger partial charge in [-0.15, -0.1) is 0 Å². The van der Waals surface area contributed by atoms with E-state index in [4.69, 9.17) is 26.8 Å². The first kappa shape index (κ1) is 25.6. The van der Waals surface area contributed by atoms with E-state index in [9.17, 15) is 4.79 Å². The van der Waals surface area contributed by atoms with Gasteiger partial charge >= 0.3 is 0 Å². The van der Waals surface area contributed by atoms with E-state index in [2.05, 4.69) is 0 Å². The van der Waals surface area contributed by atoms with Gasteiger partial charge in [0.25, 0.3) is 5.91 Å². The lowest BCUT2D eigenvalue weighted by molar-refractivity contribution is -0.123. The Hall–Kier alpha value is -3.72. The molecule has 8 heteroatoms. The first-order chi connectivity index (χ1) is 19.1. The third kappa shape index (κ3) is 5.83. The largest absolute Gasteiger partial charge is 0.489 e.